The van der Waals surface area contributed by atoms with Gasteiger partial charge in [0, 0.05) is 13.1 Å². The lowest BCUT2D eigenvalue weighted by Gasteiger charge is -2.25. The van der Waals surface area contributed by atoms with Crippen LogP contribution in [0.4, 0.5) is 0 Å². The predicted octanol–water partition coefficient (Wildman–Crippen LogP) is 4.36. The zero-order valence-corrected chi connectivity index (χ0v) is 20.7. The third-order valence-corrected chi connectivity index (χ3v) is 6.05. The Morgan fingerprint density at radius 1 is 1.15 bits per heavy atom. The normalized spacial score (nSPS) is 14.4. The summed E-state index contributed by atoms with van der Waals surface area (Å²) in [5.74, 6) is 1.08. The Kier molecular flexibility index (Phi) is 8.51. The lowest BCUT2D eigenvalue weighted by molar-refractivity contribution is -0.123. The van der Waals surface area contributed by atoms with Crippen LogP contribution in [-0.2, 0) is 16.1 Å². The number of amides is 1. The predicted molar refractivity (Wildman–Crippen MR) is 137 cm³/mol. The van der Waals surface area contributed by atoms with Crippen molar-refractivity contribution in [2.75, 3.05) is 39.5 Å². The highest BCUT2D eigenvalue weighted by Crippen LogP contribution is 2.37. The van der Waals surface area contributed by atoms with Crippen LogP contribution in [0.1, 0.15) is 18.1 Å². The molecular weight excluding hydrogens is 498 g/mol. The molecule has 1 saturated heterocycles. The van der Waals surface area contributed by atoms with Gasteiger partial charge in [0.2, 0.25) is 0 Å². The van der Waals surface area contributed by atoms with Gasteiger partial charge in [-0.3, -0.25) is 9.69 Å². The van der Waals surface area contributed by atoms with Crippen LogP contribution in [0.25, 0.3) is 10.8 Å². The summed E-state index contributed by atoms with van der Waals surface area (Å²) in [6.07, 6.45) is 1.60. The molecule has 1 heterocycles. The molecule has 0 spiro atoms. The quantitative estimate of drug-likeness (QED) is 0.332. The van der Waals surface area contributed by atoms with Crippen LogP contribution in [0, 0.1) is 0 Å². The summed E-state index contributed by atoms with van der Waals surface area (Å²) < 4.78 is 18.1. The number of fused-ring (bicyclic) bond motifs is 1. The van der Waals surface area contributed by atoms with Gasteiger partial charge in [-0.2, -0.15) is 5.10 Å². The number of nitrogens with zero attached hydrogens (tertiary/aromatic N) is 2. The summed E-state index contributed by atoms with van der Waals surface area (Å²) >= 11 is 3.61. The first kappa shape index (κ1) is 24.2. The van der Waals surface area contributed by atoms with Gasteiger partial charge >= 0.3 is 0 Å². The average molecular weight is 526 g/mol. The SMILES string of the molecule is CCOc1cc(/C=N\NC(=O)CN2CCOCC2)cc(Br)c1OCc1cccc2ccccc12. The number of hydrogen-bond donors (Lipinski definition) is 1. The largest absolute Gasteiger partial charge is 0.490 e. The number of hydrogen-bond acceptors (Lipinski definition) is 6. The molecule has 8 heteroatoms. The van der Waals surface area contributed by atoms with Crippen LogP contribution >= 0.6 is 15.9 Å². The zero-order valence-electron chi connectivity index (χ0n) is 19.1. The number of ether oxygens (including phenoxy) is 3. The van der Waals surface area contributed by atoms with Crippen LogP contribution in [0.3, 0.4) is 0 Å². The fourth-order valence-electron chi connectivity index (χ4n) is 3.81. The molecule has 0 radical (unpaired) electrons. The maximum atomic E-state index is 12.1. The van der Waals surface area contributed by atoms with Crippen LogP contribution in [0.2, 0.25) is 0 Å². The molecule has 3 aromatic carbocycles. The number of hydrazone groups is 1. The molecular formula is C26H28BrN3O4. The van der Waals surface area contributed by atoms with Crippen molar-refractivity contribution < 1.29 is 19.0 Å². The van der Waals surface area contributed by atoms with Crippen molar-refractivity contribution in [1.29, 1.82) is 0 Å². The van der Waals surface area contributed by atoms with E-state index in [9.17, 15) is 4.79 Å². The number of halogens is 1. The number of morpholine rings is 1. The molecule has 0 saturated carbocycles. The summed E-state index contributed by atoms with van der Waals surface area (Å²) in [5.41, 5.74) is 4.46. The molecule has 178 valence electrons. The third kappa shape index (κ3) is 6.34. The van der Waals surface area contributed by atoms with E-state index in [1.54, 1.807) is 6.21 Å². The van der Waals surface area contributed by atoms with Gasteiger partial charge in [0.25, 0.3) is 5.91 Å². The van der Waals surface area contributed by atoms with E-state index in [0.29, 0.717) is 44.5 Å². The first-order valence-corrected chi connectivity index (χ1v) is 12.1. The maximum Gasteiger partial charge on any atom is 0.254 e. The second-order valence-electron chi connectivity index (χ2n) is 7.87. The Bertz CT molecular complexity index is 1160. The molecule has 3 aromatic rings. The minimum atomic E-state index is -0.155. The molecule has 0 aromatic heterocycles. The van der Waals surface area contributed by atoms with E-state index in [1.165, 1.54) is 5.39 Å². The Labute approximate surface area is 207 Å². The molecule has 1 amide bonds. The van der Waals surface area contributed by atoms with Crippen molar-refractivity contribution in [2.24, 2.45) is 5.10 Å². The van der Waals surface area contributed by atoms with Crippen molar-refractivity contribution in [3.63, 3.8) is 0 Å². The van der Waals surface area contributed by atoms with Gasteiger partial charge in [-0.05, 0) is 56.9 Å². The standard InChI is InChI=1S/C26H28BrN3O4/c1-2-33-24-15-19(16-28-29-25(31)17-30-10-12-32-13-11-30)14-23(27)26(24)34-18-21-8-5-7-20-6-3-4-9-22(20)21/h3-9,14-16H,2,10-13,17-18H2,1H3,(H,29,31)/b28-16-. The van der Waals surface area contributed by atoms with E-state index in [4.69, 9.17) is 14.2 Å². The number of carbonyl (C=O) groups is 1. The molecule has 34 heavy (non-hydrogen) atoms. The van der Waals surface area contributed by atoms with E-state index in [-0.39, 0.29) is 5.91 Å². The van der Waals surface area contributed by atoms with Gasteiger partial charge in [-0.1, -0.05) is 42.5 Å². The second kappa shape index (κ2) is 12.0. The molecule has 1 N–H and O–H groups in total. The average Bonchev–Trinajstić information content (AvgIpc) is 2.84. The van der Waals surface area contributed by atoms with Gasteiger partial charge in [0.05, 0.1) is 37.1 Å². The highest BCUT2D eigenvalue weighted by molar-refractivity contribution is 9.10. The van der Waals surface area contributed by atoms with E-state index < -0.39 is 0 Å². The fourth-order valence-corrected chi connectivity index (χ4v) is 4.38. The van der Waals surface area contributed by atoms with Crippen molar-refractivity contribution >= 4 is 38.8 Å². The molecule has 4 rings (SSSR count). The van der Waals surface area contributed by atoms with Crippen molar-refractivity contribution in [3.05, 3.63) is 70.2 Å². The number of carbonyl (C=O) groups excluding carboxylic acids is 1. The molecule has 0 bridgehead atoms. The molecule has 0 atom stereocenters. The Morgan fingerprint density at radius 3 is 2.76 bits per heavy atom. The number of nitrogens with one attached hydrogen (secondary N) is 1. The Hall–Kier alpha value is -2.94. The minimum Gasteiger partial charge on any atom is -0.490 e. The van der Waals surface area contributed by atoms with Crippen LogP contribution in [-0.4, -0.2) is 56.5 Å². The first-order chi connectivity index (χ1) is 16.6. The summed E-state index contributed by atoms with van der Waals surface area (Å²) in [6, 6.07) is 18.2. The highest BCUT2D eigenvalue weighted by Gasteiger charge is 2.15. The maximum absolute atomic E-state index is 12.1. The lowest BCUT2D eigenvalue weighted by Crippen LogP contribution is -2.42. The molecule has 1 fully saturated rings. The first-order valence-electron chi connectivity index (χ1n) is 11.3. The van der Waals surface area contributed by atoms with Gasteiger partial charge < -0.3 is 14.2 Å². The van der Waals surface area contributed by atoms with Crippen molar-refractivity contribution in [2.45, 2.75) is 13.5 Å². The van der Waals surface area contributed by atoms with Crippen LogP contribution in [0.5, 0.6) is 11.5 Å². The van der Waals surface area contributed by atoms with E-state index in [0.717, 1.165) is 34.1 Å². The Morgan fingerprint density at radius 2 is 1.94 bits per heavy atom. The minimum absolute atomic E-state index is 0.155. The number of rotatable bonds is 9. The summed E-state index contributed by atoms with van der Waals surface area (Å²) in [6.45, 7) is 5.94. The molecule has 7 nitrogen and oxygen atoms in total. The van der Waals surface area contributed by atoms with E-state index in [2.05, 4.69) is 50.7 Å². The lowest BCUT2D eigenvalue weighted by atomic mass is 10.1. The molecule has 0 unspecified atom stereocenters. The van der Waals surface area contributed by atoms with Gasteiger partial charge in [-0.25, -0.2) is 5.43 Å². The van der Waals surface area contributed by atoms with Crippen molar-refractivity contribution in [1.82, 2.24) is 10.3 Å². The van der Waals surface area contributed by atoms with Crippen LogP contribution in [0.15, 0.2) is 64.2 Å². The smallest absolute Gasteiger partial charge is 0.254 e. The molecule has 0 aliphatic carbocycles. The summed E-state index contributed by atoms with van der Waals surface area (Å²) in [4.78, 5) is 14.2. The summed E-state index contributed by atoms with van der Waals surface area (Å²) in [5, 5.41) is 6.45. The summed E-state index contributed by atoms with van der Waals surface area (Å²) in [7, 11) is 0. The van der Waals surface area contributed by atoms with Gasteiger partial charge in [0.15, 0.2) is 11.5 Å². The topological polar surface area (TPSA) is 72.4 Å². The van der Waals surface area contributed by atoms with Gasteiger partial charge in [-0.15, -0.1) is 0 Å². The van der Waals surface area contributed by atoms with Crippen molar-refractivity contribution in [3.8, 4) is 11.5 Å². The fraction of sp³-hybridized carbons (Fsp3) is 0.308. The van der Waals surface area contributed by atoms with E-state index in [1.807, 2.05) is 42.2 Å². The van der Waals surface area contributed by atoms with Crippen LogP contribution < -0.4 is 14.9 Å². The third-order valence-electron chi connectivity index (χ3n) is 5.46. The molecule has 1 aliphatic heterocycles. The Balaban J connectivity index is 1.43. The highest BCUT2D eigenvalue weighted by atomic mass is 79.9. The number of benzene rings is 3. The second-order valence-corrected chi connectivity index (χ2v) is 8.73. The van der Waals surface area contributed by atoms with Gasteiger partial charge in [0.1, 0.15) is 6.61 Å². The van der Waals surface area contributed by atoms with E-state index >= 15 is 0 Å². The zero-order chi connectivity index (χ0) is 23.8. The molecule has 1 aliphatic rings. The monoisotopic (exact) mass is 525 g/mol.